The predicted octanol–water partition coefficient (Wildman–Crippen LogP) is 2.11. The summed E-state index contributed by atoms with van der Waals surface area (Å²) in [5, 5.41) is 3.64. The van der Waals surface area contributed by atoms with Crippen molar-refractivity contribution in [3.05, 3.63) is 23.9 Å². The lowest BCUT2D eigenvalue weighted by Crippen LogP contribution is -2.39. The molecule has 0 amide bonds. The second-order valence-corrected chi connectivity index (χ2v) is 5.37. The molecule has 0 aromatic carbocycles. The van der Waals surface area contributed by atoms with Crippen molar-refractivity contribution >= 4 is 5.82 Å². The fraction of sp³-hybridized carbons (Fsp3) is 0.643. The summed E-state index contributed by atoms with van der Waals surface area (Å²) in [5.41, 5.74) is 1.24. The minimum Gasteiger partial charge on any atom is -0.352 e. The van der Waals surface area contributed by atoms with E-state index in [2.05, 4.69) is 34.3 Å². The van der Waals surface area contributed by atoms with Crippen molar-refractivity contribution in [2.75, 3.05) is 18.0 Å². The summed E-state index contributed by atoms with van der Waals surface area (Å²) in [6.45, 7) is 4.38. The maximum Gasteiger partial charge on any atom is 0.128 e. The van der Waals surface area contributed by atoms with Gasteiger partial charge in [0.2, 0.25) is 0 Å². The lowest BCUT2D eigenvalue weighted by Gasteiger charge is -2.26. The first-order valence-electron chi connectivity index (χ1n) is 6.75. The van der Waals surface area contributed by atoms with Crippen molar-refractivity contribution in [1.29, 1.82) is 0 Å². The van der Waals surface area contributed by atoms with E-state index < -0.39 is 0 Å². The second kappa shape index (κ2) is 4.65. The van der Waals surface area contributed by atoms with Crippen LogP contribution in [-0.4, -0.2) is 30.2 Å². The first kappa shape index (κ1) is 11.0. The zero-order valence-electron chi connectivity index (χ0n) is 10.5. The number of hydrogen-bond donors (Lipinski definition) is 1. The highest BCUT2D eigenvalue weighted by atomic mass is 15.2. The van der Waals surface area contributed by atoms with Crippen LogP contribution in [0.4, 0.5) is 5.82 Å². The van der Waals surface area contributed by atoms with Crippen molar-refractivity contribution in [2.24, 2.45) is 0 Å². The van der Waals surface area contributed by atoms with Gasteiger partial charge in [0.25, 0.3) is 0 Å². The van der Waals surface area contributed by atoms with Gasteiger partial charge in [-0.15, -0.1) is 0 Å². The standard InChI is InChI=1S/C14H21N3/c1-11-4-7-14(16-9-11)17-8-2-3-13(17)10-15-12-5-6-12/h4,7,9,12-13,15H,2-3,5-6,8,10H2,1H3. The van der Waals surface area contributed by atoms with Crippen LogP contribution in [0.15, 0.2) is 18.3 Å². The highest BCUT2D eigenvalue weighted by Gasteiger charge is 2.28. The van der Waals surface area contributed by atoms with E-state index in [-0.39, 0.29) is 0 Å². The highest BCUT2D eigenvalue weighted by Crippen LogP contribution is 2.25. The first-order valence-corrected chi connectivity index (χ1v) is 6.75. The Bertz CT molecular complexity index is 370. The Morgan fingerprint density at radius 1 is 1.35 bits per heavy atom. The fourth-order valence-electron chi connectivity index (χ4n) is 2.57. The van der Waals surface area contributed by atoms with Crippen LogP contribution in [-0.2, 0) is 0 Å². The predicted molar refractivity (Wildman–Crippen MR) is 70.4 cm³/mol. The molecule has 1 aromatic rings. The number of aromatic nitrogens is 1. The molecule has 1 unspecified atom stereocenters. The molecule has 1 atom stereocenters. The summed E-state index contributed by atoms with van der Waals surface area (Å²) < 4.78 is 0. The summed E-state index contributed by atoms with van der Waals surface area (Å²) >= 11 is 0. The van der Waals surface area contributed by atoms with Crippen LogP contribution in [0.3, 0.4) is 0 Å². The van der Waals surface area contributed by atoms with Gasteiger partial charge in [-0.1, -0.05) is 6.07 Å². The second-order valence-electron chi connectivity index (χ2n) is 5.37. The number of nitrogens with one attached hydrogen (secondary N) is 1. The Morgan fingerprint density at radius 2 is 2.24 bits per heavy atom. The maximum absolute atomic E-state index is 4.55. The van der Waals surface area contributed by atoms with E-state index in [1.165, 1.54) is 31.2 Å². The van der Waals surface area contributed by atoms with Crippen LogP contribution in [0.5, 0.6) is 0 Å². The summed E-state index contributed by atoms with van der Waals surface area (Å²) in [6, 6.07) is 5.77. The third kappa shape index (κ3) is 2.60. The molecular weight excluding hydrogens is 210 g/mol. The highest BCUT2D eigenvalue weighted by molar-refractivity contribution is 5.41. The van der Waals surface area contributed by atoms with Crippen molar-refractivity contribution in [2.45, 2.75) is 44.7 Å². The Hall–Kier alpha value is -1.09. The summed E-state index contributed by atoms with van der Waals surface area (Å²) in [4.78, 5) is 7.02. The Balaban J connectivity index is 1.65. The number of hydrogen-bond acceptors (Lipinski definition) is 3. The molecule has 1 saturated carbocycles. The van der Waals surface area contributed by atoms with Crippen LogP contribution >= 0.6 is 0 Å². The zero-order valence-corrected chi connectivity index (χ0v) is 10.5. The molecule has 1 aromatic heterocycles. The molecule has 3 nitrogen and oxygen atoms in total. The lowest BCUT2D eigenvalue weighted by molar-refractivity contribution is 0.568. The monoisotopic (exact) mass is 231 g/mol. The molecule has 2 heterocycles. The van der Waals surface area contributed by atoms with E-state index in [1.54, 1.807) is 0 Å². The van der Waals surface area contributed by atoms with Crippen LogP contribution < -0.4 is 10.2 Å². The van der Waals surface area contributed by atoms with E-state index in [9.17, 15) is 0 Å². The van der Waals surface area contributed by atoms with Crippen LogP contribution in [0, 0.1) is 6.92 Å². The molecule has 3 rings (SSSR count). The van der Waals surface area contributed by atoms with Crippen LogP contribution in [0.25, 0.3) is 0 Å². The van der Waals surface area contributed by atoms with Gasteiger partial charge in [0.15, 0.2) is 0 Å². The average Bonchev–Trinajstić information content (AvgIpc) is 3.06. The molecule has 1 N–H and O–H groups in total. The molecule has 0 radical (unpaired) electrons. The van der Waals surface area contributed by atoms with Crippen molar-refractivity contribution in [3.8, 4) is 0 Å². The molecule has 3 heteroatoms. The zero-order chi connectivity index (χ0) is 11.7. The third-order valence-electron chi connectivity index (χ3n) is 3.79. The minimum absolute atomic E-state index is 0.644. The number of rotatable bonds is 4. The van der Waals surface area contributed by atoms with Crippen molar-refractivity contribution < 1.29 is 0 Å². The Morgan fingerprint density at radius 3 is 2.94 bits per heavy atom. The van der Waals surface area contributed by atoms with Crippen molar-refractivity contribution in [1.82, 2.24) is 10.3 Å². The lowest BCUT2D eigenvalue weighted by atomic mass is 10.2. The van der Waals surface area contributed by atoms with Gasteiger partial charge in [0.05, 0.1) is 0 Å². The molecule has 1 aliphatic carbocycles. The van der Waals surface area contributed by atoms with Gasteiger partial charge < -0.3 is 10.2 Å². The largest absolute Gasteiger partial charge is 0.352 e. The number of aryl methyl sites for hydroxylation is 1. The Kier molecular flexibility index (Phi) is 3.02. The SMILES string of the molecule is Cc1ccc(N2CCCC2CNC2CC2)nc1. The molecule has 1 saturated heterocycles. The van der Waals surface area contributed by atoms with Gasteiger partial charge in [-0.25, -0.2) is 4.98 Å². The van der Waals surface area contributed by atoms with E-state index in [4.69, 9.17) is 0 Å². The van der Waals surface area contributed by atoms with Crippen LogP contribution in [0.1, 0.15) is 31.2 Å². The van der Waals surface area contributed by atoms with Gasteiger partial charge >= 0.3 is 0 Å². The van der Waals surface area contributed by atoms with Gasteiger partial charge in [0.1, 0.15) is 5.82 Å². The molecule has 92 valence electrons. The van der Waals surface area contributed by atoms with Gasteiger partial charge in [0, 0.05) is 31.4 Å². The summed E-state index contributed by atoms with van der Waals surface area (Å²) in [5.74, 6) is 1.15. The van der Waals surface area contributed by atoms with E-state index >= 15 is 0 Å². The van der Waals surface area contributed by atoms with E-state index in [0.29, 0.717) is 6.04 Å². The molecule has 17 heavy (non-hydrogen) atoms. The summed E-state index contributed by atoms with van der Waals surface area (Å²) in [7, 11) is 0. The minimum atomic E-state index is 0.644. The van der Waals surface area contributed by atoms with Gasteiger partial charge in [-0.3, -0.25) is 0 Å². The normalized spacial score (nSPS) is 24.3. The van der Waals surface area contributed by atoms with E-state index in [1.807, 2.05) is 6.20 Å². The molecule has 0 spiro atoms. The number of nitrogens with zero attached hydrogens (tertiary/aromatic N) is 2. The quantitative estimate of drug-likeness (QED) is 0.860. The summed E-state index contributed by atoms with van der Waals surface area (Å²) in [6.07, 6.45) is 7.31. The van der Waals surface area contributed by atoms with Crippen molar-refractivity contribution in [3.63, 3.8) is 0 Å². The van der Waals surface area contributed by atoms with E-state index in [0.717, 1.165) is 24.9 Å². The van der Waals surface area contributed by atoms with Crippen LogP contribution in [0.2, 0.25) is 0 Å². The molecule has 2 fully saturated rings. The maximum atomic E-state index is 4.55. The number of pyridine rings is 1. The molecule has 0 bridgehead atoms. The molecule has 1 aliphatic heterocycles. The molecule has 2 aliphatic rings. The topological polar surface area (TPSA) is 28.2 Å². The van der Waals surface area contributed by atoms with Gasteiger partial charge in [-0.05, 0) is 44.2 Å². The Labute approximate surface area is 103 Å². The van der Waals surface area contributed by atoms with Gasteiger partial charge in [-0.2, -0.15) is 0 Å². The molecular formula is C14H21N3. The third-order valence-corrected chi connectivity index (χ3v) is 3.79. The average molecular weight is 231 g/mol. The fourth-order valence-corrected chi connectivity index (χ4v) is 2.57. The first-order chi connectivity index (χ1) is 8.33. The smallest absolute Gasteiger partial charge is 0.128 e. The number of anilines is 1.